The van der Waals surface area contributed by atoms with Gasteiger partial charge in [0.15, 0.2) is 0 Å². The predicted molar refractivity (Wildman–Crippen MR) is 135 cm³/mol. The topological polar surface area (TPSA) is 67.1 Å². The van der Waals surface area contributed by atoms with Crippen molar-refractivity contribution in [3.05, 3.63) is 70.4 Å². The van der Waals surface area contributed by atoms with E-state index >= 15 is 0 Å². The standard InChI is InChI=1S/C25H27Cl2N3O4/c1-17-22(16-28-34-25(2,3)4)24(30(5)29-17)33-21-12-10-20(11-13-21)32-19-8-6-18(7-9-19)31-15-14-23(26)27/h6-14,16H,15H2,1-5H3. The zero-order valence-corrected chi connectivity index (χ0v) is 21.2. The van der Waals surface area contributed by atoms with E-state index in [-0.39, 0.29) is 16.7 Å². The van der Waals surface area contributed by atoms with E-state index in [0.29, 0.717) is 28.9 Å². The number of aromatic nitrogens is 2. The summed E-state index contributed by atoms with van der Waals surface area (Å²) in [6.45, 7) is 7.97. The second kappa shape index (κ2) is 11.3. The molecule has 0 spiro atoms. The molecule has 0 atom stereocenters. The van der Waals surface area contributed by atoms with Crippen molar-refractivity contribution >= 4 is 29.4 Å². The van der Waals surface area contributed by atoms with E-state index < -0.39 is 0 Å². The Morgan fingerprint density at radius 2 is 1.47 bits per heavy atom. The second-order valence-corrected chi connectivity index (χ2v) is 9.33. The minimum absolute atomic E-state index is 0.171. The third kappa shape index (κ3) is 7.71. The molecule has 0 saturated heterocycles. The molecule has 3 rings (SSSR count). The number of hydrogen-bond donors (Lipinski definition) is 0. The van der Waals surface area contributed by atoms with Gasteiger partial charge < -0.3 is 19.0 Å². The van der Waals surface area contributed by atoms with Crippen molar-refractivity contribution < 1.29 is 19.0 Å². The number of hydrogen-bond acceptors (Lipinski definition) is 6. The van der Waals surface area contributed by atoms with Gasteiger partial charge >= 0.3 is 0 Å². The SMILES string of the molecule is Cc1nn(C)c(Oc2ccc(Oc3ccc(OCC=C(Cl)Cl)cc3)cc2)c1C=NOC(C)(C)C. The van der Waals surface area contributed by atoms with E-state index in [1.807, 2.05) is 71.1 Å². The van der Waals surface area contributed by atoms with Gasteiger partial charge in [-0.15, -0.1) is 0 Å². The molecule has 0 aliphatic carbocycles. The van der Waals surface area contributed by atoms with Gasteiger partial charge in [0.05, 0.1) is 17.5 Å². The Hall–Kier alpha value is -3.16. The molecule has 0 radical (unpaired) electrons. The zero-order valence-electron chi connectivity index (χ0n) is 19.7. The molecule has 3 aromatic rings. The fourth-order valence-corrected chi connectivity index (χ4v) is 2.91. The Kier molecular flexibility index (Phi) is 8.47. The molecule has 0 aliphatic heterocycles. The van der Waals surface area contributed by atoms with E-state index in [9.17, 15) is 0 Å². The Labute approximate surface area is 209 Å². The van der Waals surface area contributed by atoms with Crippen LogP contribution in [0.25, 0.3) is 0 Å². The van der Waals surface area contributed by atoms with Gasteiger partial charge in [-0.3, -0.25) is 0 Å². The number of halogens is 2. The van der Waals surface area contributed by atoms with E-state index in [4.69, 9.17) is 42.3 Å². The average Bonchev–Trinajstić information content (AvgIpc) is 3.02. The summed E-state index contributed by atoms with van der Waals surface area (Å²) in [7, 11) is 1.82. The molecule has 0 bridgehead atoms. The van der Waals surface area contributed by atoms with Crippen LogP contribution in [0.15, 0.2) is 64.3 Å². The van der Waals surface area contributed by atoms with Crippen LogP contribution in [-0.4, -0.2) is 28.2 Å². The summed E-state index contributed by atoms with van der Waals surface area (Å²) >= 11 is 11.1. The second-order valence-electron chi connectivity index (χ2n) is 8.32. The molecule has 0 fully saturated rings. The first kappa shape index (κ1) is 25.5. The first-order valence-corrected chi connectivity index (χ1v) is 11.3. The monoisotopic (exact) mass is 503 g/mol. The van der Waals surface area contributed by atoms with Gasteiger partial charge in [-0.25, -0.2) is 4.68 Å². The molecular formula is C25H27Cl2N3O4. The fraction of sp³-hybridized carbons (Fsp3) is 0.280. The van der Waals surface area contributed by atoms with Crippen molar-refractivity contribution in [3.8, 4) is 28.9 Å². The van der Waals surface area contributed by atoms with Crippen LogP contribution in [-0.2, 0) is 11.9 Å². The molecular weight excluding hydrogens is 477 g/mol. The quantitative estimate of drug-likeness (QED) is 0.229. The van der Waals surface area contributed by atoms with Crippen LogP contribution in [0.2, 0.25) is 0 Å². The Balaban J connectivity index is 1.64. The molecule has 1 aromatic heterocycles. The lowest BCUT2D eigenvalue weighted by Gasteiger charge is -2.15. The molecule has 0 saturated carbocycles. The van der Waals surface area contributed by atoms with Gasteiger partial charge in [-0.1, -0.05) is 28.4 Å². The maximum atomic E-state index is 6.08. The van der Waals surface area contributed by atoms with Crippen molar-refractivity contribution in [1.82, 2.24) is 9.78 Å². The number of rotatable bonds is 9. The zero-order chi connectivity index (χ0) is 24.7. The number of aryl methyl sites for hydroxylation is 2. The molecule has 0 N–H and O–H groups in total. The van der Waals surface area contributed by atoms with Crippen molar-refractivity contribution in [3.63, 3.8) is 0 Å². The van der Waals surface area contributed by atoms with Crippen molar-refractivity contribution in [2.75, 3.05) is 6.61 Å². The van der Waals surface area contributed by atoms with Crippen LogP contribution in [0.1, 0.15) is 32.0 Å². The number of oxime groups is 1. The lowest BCUT2D eigenvalue weighted by atomic mass is 10.2. The van der Waals surface area contributed by atoms with Crippen LogP contribution in [0.4, 0.5) is 0 Å². The Morgan fingerprint density at radius 1 is 0.941 bits per heavy atom. The third-order valence-electron chi connectivity index (χ3n) is 4.31. The van der Waals surface area contributed by atoms with E-state index in [1.54, 1.807) is 29.1 Å². The van der Waals surface area contributed by atoms with E-state index in [0.717, 1.165) is 11.3 Å². The fourth-order valence-electron chi connectivity index (χ4n) is 2.79. The number of benzene rings is 2. The highest BCUT2D eigenvalue weighted by atomic mass is 35.5. The number of nitrogens with zero attached hydrogens (tertiary/aromatic N) is 3. The van der Waals surface area contributed by atoms with Crippen LogP contribution >= 0.6 is 23.2 Å². The van der Waals surface area contributed by atoms with Gasteiger partial charge in [-0.2, -0.15) is 5.10 Å². The molecule has 34 heavy (non-hydrogen) atoms. The molecule has 0 unspecified atom stereocenters. The summed E-state index contributed by atoms with van der Waals surface area (Å²) in [5.41, 5.74) is 1.15. The first-order chi connectivity index (χ1) is 16.1. The molecule has 0 amide bonds. The summed E-state index contributed by atoms with van der Waals surface area (Å²) in [6, 6.07) is 14.5. The first-order valence-electron chi connectivity index (χ1n) is 10.6. The van der Waals surface area contributed by atoms with Crippen LogP contribution in [0.3, 0.4) is 0 Å². The van der Waals surface area contributed by atoms with Gasteiger partial charge in [0.2, 0.25) is 5.88 Å². The van der Waals surface area contributed by atoms with Gasteiger partial charge in [0.25, 0.3) is 0 Å². The Bertz CT molecular complexity index is 1140. The molecule has 9 heteroatoms. The van der Waals surface area contributed by atoms with Gasteiger partial charge in [-0.05, 0) is 82.3 Å². The van der Waals surface area contributed by atoms with Gasteiger partial charge in [0, 0.05) is 7.05 Å². The third-order valence-corrected chi connectivity index (χ3v) is 4.62. The van der Waals surface area contributed by atoms with Crippen LogP contribution in [0, 0.1) is 6.92 Å². The average molecular weight is 504 g/mol. The summed E-state index contributed by atoms with van der Waals surface area (Å²) in [6.07, 6.45) is 3.19. The normalized spacial score (nSPS) is 11.4. The van der Waals surface area contributed by atoms with E-state index in [1.165, 1.54) is 0 Å². The molecule has 7 nitrogen and oxygen atoms in total. The van der Waals surface area contributed by atoms with Gasteiger partial charge in [0.1, 0.15) is 39.7 Å². The van der Waals surface area contributed by atoms with Crippen LogP contribution in [0.5, 0.6) is 28.9 Å². The minimum Gasteiger partial charge on any atom is -0.489 e. The lowest BCUT2D eigenvalue weighted by molar-refractivity contribution is 0.00197. The molecule has 180 valence electrons. The van der Waals surface area contributed by atoms with Crippen molar-refractivity contribution in [2.45, 2.75) is 33.3 Å². The minimum atomic E-state index is -0.382. The number of ether oxygens (including phenoxy) is 3. The maximum Gasteiger partial charge on any atom is 0.226 e. The van der Waals surface area contributed by atoms with Crippen LogP contribution < -0.4 is 14.2 Å². The smallest absolute Gasteiger partial charge is 0.226 e. The predicted octanol–water partition coefficient (Wildman–Crippen LogP) is 7.16. The molecule has 2 aromatic carbocycles. The van der Waals surface area contributed by atoms with Crippen molar-refractivity contribution in [2.24, 2.45) is 12.2 Å². The largest absolute Gasteiger partial charge is 0.489 e. The van der Waals surface area contributed by atoms with Crippen molar-refractivity contribution in [1.29, 1.82) is 0 Å². The highest BCUT2D eigenvalue weighted by Gasteiger charge is 2.16. The lowest BCUT2D eigenvalue weighted by Crippen LogP contribution is -2.15. The summed E-state index contributed by atoms with van der Waals surface area (Å²) in [5, 5.41) is 8.50. The highest BCUT2D eigenvalue weighted by Crippen LogP contribution is 2.30. The molecule has 0 aliphatic rings. The maximum absolute atomic E-state index is 6.08. The Morgan fingerprint density at radius 3 is 2.00 bits per heavy atom. The summed E-state index contributed by atoms with van der Waals surface area (Å²) in [5.74, 6) is 3.22. The summed E-state index contributed by atoms with van der Waals surface area (Å²) < 4.78 is 19.3. The highest BCUT2D eigenvalue weighted by molar-refractivity contribution is 6.55. The van der Waals surface area contributed by atoms with E-state index in [2.05, 4.69) is 10.3 Å². The molecule has 1 heterocycles. The summed E-state index contributed by atoms with van der Waals surface area (Å²) in [4.78, 5) is 5.45.